The number of hydrogen-bond donors (Lipinski definition) is 6. The van der Waals surface area contributed by atoms with Gasteiger partial charge >= 0.3 is 6.72 Å². The summed E-state index contributed by atoms with van der Waals surface area (Å²) in [5, 5.41) is 20.8. The molecule has 0 spiro atoms. The molecule has 21 heteroatoms. The zero-order chi connectivity index (χ0) is 30.0. The van der Waals surface area contributed by atoms with E-state index < -0.39 is 74.7 Å². The number of nitrogen functional groups attached to an aromatic ring is 2. The predicted octanol–water partition coefficient (Wildman–Crippen LogP) is -1.04. The van der Waals surface area contributed by atoms with Crippen LogP contribution in [-0.4, -0.2) is 99.6 Å². The second-order valence-corrected chi connectivity index (χ2v) is 12.4. The fourth-order valence-electron chi connectivity index (χ4n) is 4.97. The van der Waals surface area contributed by atoms with Gasteiger partial charge in [0, 0.05) is 6.20 Å². The average molecular weight is 632 g/mol. The molecule has 0 bridgehead atoms. The van der Waals surface area contributed by atoms with E-state index in [1.54, 1.807) is 0 Å². The molecule has 0 radical (unpaired) electrons. The molecule has 2 aliphatic rings. The van der Waals surface area contributed by atoms with Gasteiger partial charge in [-0.05, 0) is 17.9 Å². The van der Waals surface area contributed by atoms with Crippen molar-refractivity contribution in [2.75, 3.05) is 31.3 Å². The van der Waals surface area contributed by atoms with E-state index in [4.69, 9.17) is 41.8 Å². The summed E-state index contributed by atoms with van der Waals surface area (Å²) in [6.45, 7) is -6.35. The van der Waals surface area contributed by atoms with Gasteiger partial charge in [0.15, 0.2) is 23.6 Å². The Morgan fingerprint density at radius 1 is 1.29 bits per heavy atom. The van der Waals surface area contributed by atoms with Gasteiger partial charge in [-0.2, -0.15) is 4.98 Å². The molecule has 8 N–H and O–H groups in total. The van der Waals surface area contributed by atoms with Gasteiger partial charge in [0.2, 0.25) is 11.7 Å². The number of aliphatic hydroxyl groups is 2. The molecule has 0 amide bonds. The Labute approximate surface area is 238 Å². The lowest BCUT2D eigenvalue weighted by Crippen LogP contribution is -2.43. The smallest absolute Gasteiger partial charge is 0.325 e. The first-order valence-corrected chi connectivity index (χ1v) is 14.9. The molecule has 0 aliphatic carbocycles. The van der Waals surface area contributed by atoms with Gasteiger partial charge < -0.3 is 40.6 Å². The van der Waals surface area contributed by atoms with Gasteiger partial charge in [-0.25, -0.2) is 23.7 Å². The number of rotatable bonds is 8. The summed E-state index contributed by atoms with van der Waals surface area (Å²) in [6, 6.07) is 1.49. The maximum Gasteiger partial charge on any atom is 0.325 e. The molecule has 4 aromatic rings. The van der Waals surface area contributed by atoms with Crippen LogP contribution in [0.4, 0.5) is 20.5 Å². The maximum absolute atomic E-state index is 16.0. The molecule has 0 saturated carbocycles. The van der Waals surface area contributed by atoms with Crippen molar-refractivity contribution in [1.82, 2.24) is 34.1 Å². The number of nitrogens with zero attached hydrogens (tertiary/aromatic N) is 6. The lowest BCUT2D eigenvalue weighted by Gasteiger charge is -2.28. The van der Waals surface area contributed by atoms with Crippen LogP contribution in [0.5, 0.6) is 0 Å². The van der Waals surface area contributed by atoms with E-state index in [0.717, 1.165) is 21.8 Å². The Bertz CT molecular complexity index is 1760. The minimum Gasteiger partial charge on any atom is -0.394 e. The van der Waals surface area contributed by atoms with Crippen LogP contribution in [0.1, 0.15) is 6.23 Å². The second-order valence-electron chi connectivity index (χ2n) is 9.60. The quantitative estimate of drug-likeness (QED) is 0.127. The highest BCUT2D eigenvalue weighted by Crippen LogP contribution is 2.51. The summed E-state index contributed by atoms with van der Waals surface area (Å²) in [5.41, 5.74) is 10.7. The van der Waals surface area contributed by atoms with Gasteiger partial charge in [-0.3, -0.25) is 23.4 Å². The zero-order valence-corrected chi connectivity index (χ0v) is 22.9. The number of fused-ring (bicyclic) bond motifs is 2. The van der Waals surface area contributed by atoms with Crippen LogP contribution in [0.25, 0.3) is 22.2 Å². The summed E-state index contributed by atoms with van der Waals surface area (Å²) >= 11 is 5.07. The molecule has 4 aromatic heterocycles. The normalized spacial score (nSPS) is 31.3. The van der Waals surface area contributed by atoms with E-state index in [2.05, 4.69) is 24.9 Å². The lowest BCUT2D eigenvalue weighted by atomic mass is 10.1. The third kappa shape index (κ3) is 4.74. The van der Waals surface area contributed by atoms with Crippen molar-refractivity contribution in [3.05, 3.63) is 35.3 Å². The van der Waals surface area contributed by atoms with Crippen molar-refractivity contribution in [2.24, 2.45) is 0 Å². The van der Waals surface area contributed by atoms with Crippen LogP contribution < -0.4 is 17.0 Å². The number of aromatic amines is 1. The highest BCUT2D eigenvalue weighted by atomic mass is 32.5. The van der Waals surface area contributed by atoms with Crippen molar-refractivity contribution in [1.29, 1.82) is 0 Å². The average Bonchev–Trinajstić information content (AvgIpc) is 3.70. The first kappa shape index (κ1) is 28.9. The molecule has 6 heterocycles. The number of nitrogens with one attached hydrogen (secondary N) is 1. The van der Waals surface area contributed by atoms with Crippen molar-refractivity contribution < 1.29 is 42.4 Å². The molecule has 17 nitrogen and oxygen atoms in total. The molecule has 2 aliphatic heterocycles. The first-order chi connectivity index (χ1) is 19.9. The molecule has 2 unspecified atom stereocenters. The van der Waals surface area contributed by atoms with Crippen molar-refractivity contribution >= 4 is 52.5 Å². The first-order valence-electron chi connectivity index (χ1n) is 12.3. The van der Waals surface area contributed by atoms with Crippen LogP contribution >= 0.6 is 6.72 Å². The topological polar surface area (TPSA) is 244 Å². The van der Waals surface area contributed by atoms with Crippen LogP contribution in [-0.2, 0) is 36.1 Å². The number of imidazole rings is 1. The molecule has 8 atom stereocenters. The van der Waals surface area contributed by atoms with Crippen LogP contribution in [0.2, 0.25) is 0 Å². The third-order valence-electron chi connectivity index (χ3n) is 7.04. The standard InChI is InChI=1S/C21H24F2N9O8PS/c22-11-9(3-33)39-19(31-7-28-12-17(31)29-20(25)30-18(12)35)13(11)40-41(36,42)38-4-10-14(34)21(23,5-37-10)32-2-1-8-15(24)26-6-27-16(8)32/h1-2,6-7,9-11,13-14,19,33-34H,3-5H2,(H,36,42)(H2,24,26,27)(H3,25,29,30,35)/t9-,10-,11+,13-,14-,19-,21?,41?/m1/s1. The number of anilines is 2. The Hall–Kier alpha value is -3.20. The summed E-state index contributed by atoms with van der Waals surface area (Å²) in [5.74, 6) is -2.63. The third-order valence-corrected chi connectivity index (χ3v) is 8.60. The van der Waals surface area contributed by atoms with Crippen molar-refractivity contribution in [2.45, 2.75) is 42.6 Å². The minimum absolute atomic E-state index is 0.0841. The molecule has 6 rings (SSSR count). The van der Waals surface area contributed by atoms with E-state index >= 15 is 8.78 Å². The van der Waals surface area contributed by atoms with Gasteiger partial charge in [0.1, 0.15) is 48.8 Å². The van der Waals surface area contributed by atoms with E-state index in [0.29, 0.717) is 5.39 Å². The van der Waals surface area contributed by atoms with Crippen molar-refractivity contribution in [3.63, 3.8) is 0 Å². The summed E-state index contributed by atoms with van der Waals surface area (Å²) in [4.78, 5) is 41.1. The lowest BCUT2D eigenvalue weighted by molar-refractivity contribution is -0.0529. The minimum atomic E-state index is -4.33. The molecule has 0 aromatic carbocycles. The number of hydrogen-bond acceptors (Lipinski definition) is 14. The van der Waals surface area contributed by atoms with E-state index in [9.17, 15) is 19.9 Å². The SMILES string of the molecule is Nc1nc2c(ncn2[C@@H]2O[C@H](CO)[C@H](F)[C@H]2OP(O)(=S)OC[C@H]2OCC(F)(n3ccc4c(N)ncnc43)[C@@H]2O)c(=O)[nH]1. The summed E-state index contributed by atoms with van der Waals surface area (Å²) < 4.78 is 55.3. The predicted molar refractivity (Wildman–Crippen MR) is 143 cm³/mol. The molecule has 42 heavy (non-hydrogen) atoms. The Kier molecular flexibility index (Phi) is 7.23. The van der Waals surface area contributed by atoms with Crippen LogP contribution in [0.15, 0.2) is 29.7 Å². The molecular formula is C21H24F2N9O8PS. The molecule has 226 valence electrons. The van der Waals surface area contributed by atoms with Crippen LogP contribution in [0.3, 0.4) is 0 Å². The Morgan fingerprint density at radius 2 is 2.07 bits per heavy atom. The van der Waals surface area contributed by atoms with Gasteiger partial charge in [-0.1, -0.05) is 0 Å². The summed E-state index contributed by atoms with van der Waals surface area (Å²) in [7, 11) is 0. The van der Waals surface area contributed by atoms with E-state index in [-0.39, 0.29) is 28.6 Å². The van der Waals surface area contributed by atoms with Crippen LogP contribution in [0, 0.1) is 0 Å². The zero-order valence-electron chi connectivity index (χ0n) is 21.2. The number of halogens is 2. The fourth-order valence-corrected chi connectivity index (χ4v) is 6.37. The number of aliphatic hydroxyl groups excluding tert-OH is 2. The highest BCUT2D eigenvalue weighted by molar-refractivity contribution is 8.07. The highest BCUT2D eigenvalue weighted by Gasteiger charge is 2.53. The monoisotopic (exact) mass is 631 g/mol. The fraction of sp³-hybridized carbons (Fsp3) is 0.476. The molecular weight excluding hydrogens is 607 g/mol. The van der Waals surface area contributed by atoms with Gasteiger partial charge in [0.05, 0.1) is 24.9 Å². The Morgan fingerprint density at radius 3 is 2.83 bits per heavy atom. The molecule has 2 saturated heterocycles. The number of nitrogens with two attached hydrogens (primary N) is 2. The largest absolute Gasteiger partial charge is 0.394 e. The van der Waals surface area contributed by atoms with E-state index in [1.807, 2.05) is 0 Å². The van der Waals surface area contributed by atoms with Gasteiger partial charge in [0.25, 0.3) is 5.56 Å². The number of alkyl halides is 2. The van der Waals surface area contributed by atoms with Crippen molar-refractivity contribution in [3.8, 4) is 0 Å². The van der Waals surface area contributed by atoms with E-state index in [1.165, 1.54) is 12.3 Å². The molecule has 2 fully saturated rings. The number of H-pyrrole nitrogens is 1. The number of ether oxygens (including phenoxy) is 2. The second kappa shape index (κ2) is 10.5. The summed E-state index contributed by atoms with van der Waals surface area (Å²) in [6.07, 6.45) is -6.08. The number of aromatic nitrogens is 7. The Balaban J connectivity index is 1.19. The van der Waals surface area contributed by atoms with Gasteiger partial charge in [-0.15, -0.1) is 0 Å². The maximum atomic E-state index is 16.0.